The number of hydrogen-bond acceptors (Lipinski definition) is 6. The van der Waals surface area contributed by atoms with Crippen molar-refractivity contribution in [1.29, 1.82) is 0 Å². The van der Waals surface area contributed by atoms with E-state index < -0.39 is 6.04 Å². The number of anilines is 1. The molecule has 0 saturated carbocycles. The zero-order valence-corrected chi connectivity index (χ0v) is 28.1. The molecule has 4 atom stereocenters. The highest BCUT2D eigenvalue weighted by molar-refractivity contribution is 6.00. The molecular weight excluding hydrogens is 594 g/mol. The van der Waals surface area contributed by atoms with Crippen molar-refractivity contribution in [2.75, 3.05) is 38.7 Å². The first-order valence-electron chi connectivity index (χ1n) is 16.6. The summed E-state index contributed by atoms with van der Waals surface area (Å²) in [5.74, 6) is -0.254. The fourth-order valence-corrected chi connectivity index (χ4v) is 5.73. The summed E-state index contributed by atoms with van der Waals surface area (Å²) in [6.07, 6.45) is 2.46. The van der Waals surface area contributed by atoms with Gasteiger partial charge in [-0.15, -0.1) is 0 Å². The van der Waals surface area contributed by atoms with E-state index >= 15 is 0 Å². The first-order valence-corrected chi connectivity index (χ1v) is 16.6. The van der Waals surface area contributed by atoms with Gasteiger partial charge in [0.05, 0.1) is 43.3 Å². The minimum atomic E-state index is -0.502. The molecule has 0 radical (unpaired) electrons. The van der Waals surface area contributed by atoms with E-state index in [1.807, 2.05) is 74.5 Å². The summed E-state index contributed by atoms with van der Waals surface area (Å²) < 4.78 is 12.7. The summed E-state index contributed by atoms with van der Waals surface area (Å²) in [5.41, 5.74) is 2.63. The number of nitrogens with one attached hydrogen (secondary N) is 1. The van der Waals surface area contributed by atoms with Crippen LogP contribution in [0.5, 0.6) is 5.75 Å². The Morgan fingerprint density at radius 1 is 0.979 bits per heavy atom. The van der Waals surface area contributed by atoms with Crippen LogP contribution in [-0.2, 0) is 27.2 Å². The van der Waals surface area contributed by atoms with Gasteiger partial charge >= 0.3 is 0 Å². The van der Waals surface area contributed by atoms with Gasteiger partial charge in [0.2, 0.25) is 11.8 Å². The van der Waals surface area contributed by atoms with E-state index in [0.717, 1.165) is 30.4 Å². The summed E-state index contributed by atoms with van der Waals surface area (Å²) >= 11 is 0. The molecular formula is C38H49N3O6. The average Bonchev–Trinajstić information content (AvgIpc) is 3.06. The molecule has 9 heteroatoms. The Kier molecular flexibility index (Phi) is 13.4. The Bertz CT molecular complexity index is 1450. The first-order chi connectivity index (χ1) is 22.6. The van der Waals surface area contributed by atoms with E-state index in [-0.39, 0.29) is 55.4 Å². The number of benzene rings is 3. The predicted molar refractivity (Wildman–Crippen MR) is 183 cm³/mol. The Hall–Kier alpha value is -4.21. The quantitative estimate of drug-likeness (QED) is 0.325. The predicted octanol–water partition coefficient (Wildman–Crippen LogP) is 5.36. The molecule has 3 amide bonds. The van der Waals surface area contributed by atoms with Gasteiger partial charge in [-0.2, -0.15) is 0 Å². The standard InChI is InChI=1S/C38H49N3O6/c1-27-24-41(28(2)26-42)38(45)33-23-32(39-36(43)21-30-14-7-5-8-15-30)18-19-34(33)47-29(3)13-11-12-20-46-35(27)25-40(4)37(44)22-31-16-9-6-10-17-31/h5-10,14-19,23,27-29,35,42H,11-13,20-22,24-26H2,1-4H3,(H,39,43)/t27-,28+,29+,35-/m0/s1. The van der Waals surface area contributed by atoms with Crippen LogP contribution in [0.2, 0.25) is 0 Å². The number of amides is 3. The van der Waals surface area contributed by atoms with Crippen molar-refractivity contribution < 1.29 is 29.0 Å². The normalized spacial score (nSPS) is 19.9. The molecule has 4 rings (SSSR count). The molecule has 3 aromatic carbocycles. The SMILES string of the molecule is C[C@@H]1CCCCO[C@@H](CN(C)C(=O)Cc2ccccc2)[C@@H](C)CN([C@H](C)CO)C(=O)c2cc(NC(=O)Cc3ccccc3)ccc2O1. The molecule has 0 spiro atoms. The van der Waals surface area contributed by atoms with Crippen LogP contribution >= 0.6 is 0 Å². The number of rotatable bonds is 9. The zero-order valence-electron chi connectivity index (χ0n) is 28.1. The van der Waals surface area contributed by atoms with Crippen LogP contribution in [0.1, 0.15) is 61.5 Å². The molecule has 0 unspecified atom stereocenters. The number of hydrogen-bond donors (Lipinski definition) is 2. The van der Waals surface area contributed by atoms with Gasteiger partial charge < -0.3 is 29.7 Å². The maximum Gasteiger partial charge on any atom is 0.258 e. The molecule has 1 aliphatic rings. The van der Waals surface area contributed by atoms with Gasteiger partial charge in [0, 0.05) is 38.3 Å². The highest BCUT2D eigenvalue weighted by Crippen LogP contribution is 2.28. The third kappa shape index (κ3) is 10.7. The third-order valence-electron chi connectivity index (χ3n) is 8.62. The zero-order chi connectivity index (χ0) is 33.8. The molecule has 9 nitrogen and oxygen atoms in total. The molecule has 0 aromatic heterocycles. The number of carbonyl (C=O) groups is 3. The number of fused-ring (bicyclic) bond motifs is 1. The Morgan fingerprint density at radius 3 is 2.30 bits per heavy atom. The molecule has 3 aromatic rings. The van der Waals surface area contributed by atoms with Crippen LogP contribution in [0.25, 0.3) is 0 Å². The van der Waals surface area contributed by atoms with Crippen molar-refractivity contribution in [3.05, 3.63) is 95.6 Å². The lowest BCUT2D eigenvalue weighted by atomic mass is 10.0. The molecule has 0 fully saturated rings. The van der Waals surface area contributed by atoms with Crippen LogP contribution in [0.4, 0.5) is 5.69 Å². The summed E-state index contributed by atoms with van der Waals surface area (Å²) in [6, 6.07) is 23.8. The van der Waals surface area contributed by atoms with Crippen LogP contribution in [0.15, 0.2) is 78.9 Å². The molecule has 0 aliphatic carbocycles. The van der Waals surface area contributed by atoms with E-state index in [0.29, 0.717) is 36.6 Å². The smallest absolute Gasteiger partial charge is 0.258 e. The lowest BCUT2D eigenvalue weighted by Gasteiger charge is -2.36. The van der Waals surface area contributed by atoms with Crippen LogP contribution in [-0.4, -0.2) is 84.2 Å². The fourth-order valence-electron chi connectivity index (χ4n) is 5.73. The van der Waals surface area contributed by atoms with Crippen LogP contribution < -0.4 is 10.1 Å². The summed E-state index contributed by atoms with van der Waals surface area (Å²) in [5, 5.41) is 13.2. The van der Waals surface area contributed by atoms with Crippen LogP contribution in [0.3, 0.4) is 0 Å². The largest absolute Gasteiger partial charge is 0.490 e. The second kappa shape index (κ2) is 17.6. The summed E-state index contributed by atoms with van der Waals surface area (Å²) in [4.78, 5) is 43.7. The van der Waals surface area contributed by atoms with Crippen molar-refractivity contribution in [1.82, 2.24) is 9.80 Å². The van der Waals surface area contributed by atoms with Gasteiger partial charge in [-0.3, -0.25) is 14.4 Å². The van der Waals surface area contributed by atoms with Crippen molar-refractivity contribution >= 4 is 23.4 Å². The Morgan fingerprint density at radius 2 is 1.64 bits per heavy atom. The number of likely N-dealkylation sites (N-methyl/N-ethyl adjacent to an activating group) is 1. The van der Waals surface area contributed by atoms with Gasteiger partial charge in [-0.05, 0) is 62.4 Å². The molecule has 1 heterocycles. The van der Waals surface area contributed by atoms with Gasteiger partial charge in [0.25, 0.3) is 5.91 Å². The second-order valence-electron chi connectivity index (χ2n) is 12.7. The van der Waals surface area contributed by atoms with E-state index in [1.165, 1.54) is 0 Å². The van der Waals surface area contributed by atoms with E-state index in [9.17, 15) is 19.5 Å². The molecule has 0 saturated heterocycles. The monoisotopic (exact) mass is 643 g/mol. The van der Waals surface area contributed by atoms with E-state index in [2.05, 4.69) is 5.32 Å². The highest BCUT2D eigenvalue weighted by Gasteiger charge is 2.31. The fraction of sp³-hybridized carbons (Fsp3) is 0.447. The Balaban J connectivity index is 1.58. The maximum absolute atomic E-state index is 14.3. The van der Waals surface area contributed by atoms with Crippen molar-refractivity contribution in [2.45, 2.75) is 71.1 Å². The number of ether oxygens (including phenoxy) is 2. The Labute approximate surface area is 278 Å². The van der Waals surface area contributed by atoms with Gasteiger partial charge in [-0.1, -0.05) is 67.6 Å². The summed E-state index contributed by atoms with van der Waals surface area (Å²) in [7, 11) is 1.79. The lowest BCUT2D eigenvalue weighted by Crippen LogP contribution is -2.48. The van der Waals surface area contributed by atoms with Crippen molar-refractivity contribution in [2.24, 2.45) is 5.92 Å². The number of carbonyl (C=O) groups excluding carboxylic acids is 3. The van der Waals surface area contributed by atoms with Crippen LogP contribution in [0, 0.1) is 5.92 Å². The van der Waals surface area contributed by atoms with Crippen molar-refractivity contribution in [3.63, 3.8) is 0 Å². The van der Waals surface area contributed by atoms with E-state index in [4.69, 9.17) is 9.47 Å². The third-order valence-corrected chi connectivity index (χ3v) is 8.62. The second-order valence-corrected chi connectivity index (χ2v) is 12.7. The molecule has 252 valence electrons. The number of aliphatic hydroxyl groups is 1. The number of aliphatic hydroxyl groups excluding tert-OH is 1. The number of nitrogens with zero attached hydrogens (tertiary/aromatic N) is 2. The minimum absolute atomic E-state index is 0.00944. The molecule has 2 N–H and O–H groups in total. The molecule has 47 heavy (non-hydrogen) atoms. The van der Waals surface area contributed by atoms with Gasteiger partial charge in [0.1, 0.15) is 5.75 Å². The van der Waals surface area contributed by atoms with E-state index in [1.54, 1.807) is 42.0 Å². The highest BCUT2D eigenvalue weighted by atomic mass is 16.5. The lowest BCUT2D eigenvalue weighted by molar-refractivity contribution is -0.131. The molecule has 1 aliphatic heterocycles. The van der Waals surface area contributed by atoms with Crippen molar-refractivity contribution in [3.8, 4) is 5.75 Å². The minimum Gasteiger partial charge on any atom is -0.490 e. The topological polar surface area (TPSA) is 108 Å². The first kappa shape index (κ1) is 35.6. The van der Waals surface area contributed by atoms with Gasteiger partial charge in [-0.25, -0.2) is 0 Å². The van der Waals surface area contributed by atoms with Gasteiger partial charge in [0.15, 0.2) is 0 Å². The molecule has 0 bridgehead atoms. The summed E-state index contributed by atoms with van der Waals surface area (Å²) in [6.45, 7) is 6.72. The average molecular weight is 644 g/mol. The maximum atomic E-state index is 14.3.